The Labute approximate surface area is 144 Å². The van der Waals surface area contributed by atoms with Crippen molar-refractivity contribution in [2.45, 2.75) is 27.3 Å². The molecule has 0 aromatic heterocycles. The van der Waals surface area contributed by atoms with Crippen LogP contribution < -0.4 is 0 Å². The van der Waals surface area contributed by atoms with E-state index < -0.39 is 0 Å². The molecule has 0 bridgehead atoms. The predicted octanol–water partition coefficient (Wildman–Crippen LogP) is 3.57. The maximum absolute atomic E-state index is 12.7. The van der Waals surface area contributed by atoms with Gasteiger partial charge in [-0.25, -0.2) is 0 Å². The zero-order valence-corrected chi connectivity index (χ0v) is 14.9. The molecule has 1 aliphatic rings. The monoisotopic (exact) mass is 322 g/mol. The van der Waals surface area contributed by atoms with E-state index in [-0.39, 0.29) is 5.91 Å². The largest absolute Gasteiger partial charge is 0.336 e. The van der Waals surface area contributed by atoms with Crippen LogP contribution in [0.4, 0.5) is 0 Å². The van der Waals surface area contributed by atoms with Gasteiger partial charge < -0.3 is 4.90 Å². The Morgan fingerprint density at radius 2 is 1.67 bits per heavy atom. The molecule has 1 heterocycles. The van der Waals surface area contributed by atoms with E-state index >= 15 is 0 Å². The highest BCUT2D eigenvalue weighted by Crippen LogP contribution is 2.15. The zero-order valence-electron chi connectivity index (χ0n) is 14.9. The Hall–Kier alpha value is -2.13. The second-order valence-electron chi connectivity index (χ2n) is 6.86. The van der Waals surface area contributed by atoms with Gasteiger partial charge in [0.05, 0.1) is 0 Å². The molecule has 24 heavy (non-hydrogen) atoms. The third kappa shape index (κ3) is 3.85. The Bertz CT molecular complexity index is 730. The number of aryl methyl sites for hydroxylation is 3. The van der Waals surface area contributed by atoms with E-state index in [0.717, 1.165) is 38.3 Å². The first-order chi connectivity index (χ1) is 11.5. The molecule has 0 aliphatic carbocycles. The summed E-state index contributed by atoms with van der Waals surface area (Å²) in [5.74, 6) is 0.160. The summed E-state index contributed by atoms with van der Waals surface area (Å²) in [6.07, 6.45) is 0. The van der Waals surface area contributed by atoms with E-state index in [1.54, 1.807) is 0 Å². The molecule has 1 fully saturated rings. The van der Waals surface area contributed by atoms with Crippen LogP contribution in [-0.4, -0.2) is 41.9 Å². The van der Waals surface area contributed by atoms with Gasteiger partial charge in [-0.3, -0.25) is 9.69 Å². The molecule has 2 aromatic rings. The van der Waals surface area contributed by atoms with Gasteiger partial charge in [-0.1, -0.05) is 35.9 Å². The van der Waals surface area contributed by atoms with Crippen molar-refractivity contribution >= 4 is 5.91 Å². The Balaban J connectivity index is 1.58. The van der Waals surface area contributed by atoms with E-state index in [9.17, 15) is 4.79 Å². The standard InChI is InChI=1S/C21H26N2O/c1-16-5-4-6-19(13-16)15-22-9-11-23(12-10-22)21(24)20-8-7-17(2)18(3)14-20/h4-8,13-14H,9-12,15H2,1-3H3. The van der Waals surface area contributed by atoms with Crippen LogP contribution in [0.1, 0.15) is 32.6 Å². The smallest absolute Gasteiger partial charge is 0.253 e. The van der Waals surface area contributed by atoms with E-state index in [0.29, 0.717) is 0 Å². The predicted molar refractivity (Wildman–Crippen MR) is 98.3 cm³/mol. The van der Waals surface area contributed by atoms with Crippen LogP contribution in [0.15, 0.2) is 42.5 Å². The first-order valence-electron chi connectivity index (χ1n) is 8.67. The highest BCUT2D eigenvalue weighted by molar-refractivity contribution is 5.94. The number of nitrogens with zero attached hydrogens (tertiary/aromatic N) is 2. The second-order valence-corrected chi connectivity index (χ2v) is 6.86. The lowest BCUT2D eigenvalue weighted by Gasteiger charge is -2.35. The second kappa shape index (κ2) is 7.18. The summed E-state index contributed by atoms with van der Waals surface area (Å²) in [6, 6.07) is 14.7. The number of hydrogen-bond donors (Lipinski definition) is 0. The van der Waals surface area contributed by atoms with Crippen molar-refractivity contribution in [1.82, 2.24) is 9.80 Å². The quantitative estimate of drug-likeness (QED) is 0.862. The Morgan fingerprint density at radius 3 is 2.33 bits per heavy atom. The Kier molecular flexibility index (Phi) is 5.00. The fourth-order valence-electron chi connectivity index (χ4n) is 3.23. The van der Waals surface area contributed by atoms with Crippen molar-refractivity contribution in [2.75, 3.05) is 26.2 Å². The summed E-state index contributed by atoms with van der Waals surface area (Å²) in [6.45, 7) is 10.7. The molecule has 1 aliphatic heterocycles. The summed E-state index contributed by atoms with van der Waals surface area (Å²) in [5.41, 5.74) is 5.87. The highest BCUT2D eigenvalue weighted by atomic mass is 16.2. The number of piperazine rings is 1. The van der Waals surface area contributed by atoms with Gasteiger partial charge in [0.25, 0.3) is 5.91 Å². The average molecular weight is 322 g/mol. The lowest BCUT2D eigenvalue weighted by molar-refractivity contribution is 0.0628. The summed E-state index contributed by atoms with van der Waals surface area (Å²) in [5, 5.41) is 0. The molecule has 126 valence electrons. The fourth-order valence-corrected chi connectivity index (χ4v) is 3.23. The average Bonchev–Trinajstić information content (AvgIpc) is 2.57. The van der Waals surface area contributed by atoms with Gasteiger partial charge in [-0.2, -0.15) is 0 Å². The van der Waals surface area contributed by atoms with Gasteiger partial charge in [-0.05, 0) is 49.6 Å². The number of amides is 1. The lowest BCUT2D eigenvalue weighted by Crippen LogP contribution is -2.48. The van der Waals surface area contributed by atoms with Gasteiger partial charge in [0.15, 0.2) is 0 Å². The van der Waals surface area contributed by atoms with Crippen molar-refractivity contribution < 1.29 is 4.79 Å². The number of hydrogen-bond acceptors (Lipinski definition) is 2. The van der Waals surface area contributed by atoms with Crippen molar-refractivity contribution in [3.63, 3.8) is 0 Å². The number of carbonyl (C=O) groups excluding carboxylic acids is 1. The van der Waals surface area contributed by atoms with Crippen molar-refractivity contribution in [3.8, 4) is 0 Å². The van der Waals surface area contributed by atoms with Crippen molar-refractivity contribution in [3.05, 3.63) is 70.3 Å². The third-order valence-electron chi connectivity index (χ3n) is 4.90. The third-order valence-corrected chi connectivity index (χ3v) is 4.90. The summed E-state index contributed by atoms with van der Waals surface area (Å²) < 4.78 is 0. The van der Waals surface area contributed by atoms with Crippen LogP contribution in [-0.2, 0) is 6.54 Å². The molecule has 0 radical (unpaired) electrons. The van der Waals surface area contributed by atoms with Crippen molar-refractivity contribution in [2.24, 2.45) is 0 Å². The zero-order chi connectivity index (χ0) is 17.1. The van der Waals surface area contributed by atoms with Crippen LogP contribution in [0.3, 0.4) is 0 Å². The summed E-state index contributed by atoms with van der Waals surface area (Å²) in [4.78, 5) is 17.1. The van der Waals surface area contributed by atoms with E-state index in [2.05, 4.69) is 49.9 Å². The lowest BCUT2D eigenvalue weighted by atomic mass is 10.1. The minimum atomic E-state index is 0.160. The molecule has 1 amide bonds. The normalized spacial score (nSPS) is 15.5. The van der Waals surface area contributed by atoms with Crippen LogP contribution in [0, 0.1) is 20.8 Å². The molecule has 3 rings (SSSR count). The summed E-state index contributed by atoms with van der Waals surface area (Å²) >= 11 is 0. The van der Waals surface area contributed by atoms with E-state index in [1.165, 1.54) is 22.3 Å². The maximum Gasteiger partial charge on any atom is 0.253 e. The molecule has 0 spiro atoms. The first kappa shape index (κ1) is 16.7. The SMILES string of the molecule is Cc1cccc(CN2CCN(C(=O)c3ccc(C)c(C)c3)CC2)c1. The molecule has 2 aromatic carbocycles. The van der Waals surface area contributed by atoms with Gasteiger partial charge in [0.2, 0.25) is 0 Å². The number of carbonyl (C=O) groups is 1. The molecule has 3 nitrogen and oxygen atoms in total. The first-order valence-corrected chi connectivity index (χ1v) is 8.67. The molecular weight excluding hydrogens is 296 g/mol. The summed E-state index contributed by atoms with van der Waals surface area (Å²) in [7, 11) is 0. The van der Waals surface area contributed by atoms with E-state index in [1.807, 2.05) is 23.1 Å². The van der Waals surface area contributed by atoms with Crippen molar-refractivity contribution in [1.29, 1.82) is 0 Å². The van der Waals surface area contributed by atoms with Gasteiger partial charge >= 0.3 is 0 Å². The van der Waals surface area contributed by atoms with Gasteiger partial charge in [-0.15, -0.1) is 0 Å². The minimum absolute atomic E-state index is 0.160. The molecule has 0 atom stereocenters. The van der Waals surface area contributed by atoms with Crippen LogP contribution in [0.25, 0.3) is 0 Å². The van der Waals surface area contributed by atoms with Crippen LogP contribution in [0.2, 0.25) is 0 Å². The maximum atomic E-state index is 12.7. The Morgan fingerprint density at radius 1 is 0.917 bits per heavy atom. The molecule has 0 unspecified atom stereocenters. The van der Waals surface area contributed by atoms with Gasteiger partial charge in [0, 0.05) is 38.3 Å². The van der Waals surface area contributed by atoms with Gasteiger partial charge in [0.1, 0.15) is 0 Å². The van der Waals surface area contributed by atoms with Crippen LogP contribution in [0.5, 0.6) is 0 Å². The molecule has 1 saturated heterocycles. The number of benzene rings is 2. The molecule has 0 N–H and O–H groups in total. The molecule has 3 heteroatoms. The highest BCUT2D eigenvalue weighted by Gasteiger charge is 2.22. The fraction of sp³-hybridized carbons (Fsp3) is 0.381. The molecule has 0 saturated carbocycles. The minimum Gasteiger partial charge on any atom is -0.336 e. The number of rotatable bonds is 3. The van der Waals surface area contributed by atoms with E-state index in [4.69, 9.17) is 0 Å². The topological polar surface area (TPSA) is 23.6 Å². The molecular formula is C21H26N2O. The van der Waals surface area contributed by atoms with Crippen LogP contribution >= 0.6 is 0 Å².